The Morgan fingerprint density at radius 2 is 1.89 bits per heavy atom. The number of hydrogen-bond donors (Lipinski definition) is 2. The maximum absolute atomic E-state index is 11.5. The largest absolute Gasteiger partial charge is 0.401 e. The van der Waals surface area contributed by atoms with Crippen molar-refractivity contribution in [1.29, 1.82) is 5.26 Å². The summed E-state index contributed by atoms with van der Waals surface area (Å²) < 4.78 is 24.9. The van der Waals surface area contributed by atoms with E-state index in [4.69, 9.17) is 10.9 Å². The minimum atomic E-state index is -3.73. The average Bonchev–Trinajstić information content (AvgIpc) is 3.19. The summed E-state index contributed by atoms with van der Waals surface area (Å²) in [4.78, 5) is 4.64. The Balaban J connectivity index is 2.05. The van der Waals surface area contributed by atoms with Gasteiger partial charge in [-0.15, -0.1) is 11.3 Å². The minimum Gasteiger partial charge on any atom is -0.401 e. The number of hydrogen-bond acceptors (Lipinski definition) is 6. The lowest BCUT2D eigenvalue weighted by Gasteiger charge is -2.10. The number of nitrogens with two attached hydrogens (primary N) is 2. The van der Waals surface area contributed by atoms with Crippen molar-refractivity contribution in [2.75, 3.05) is 0 Å². The molecule has 28 heavy (non-hydrogen) atoms. The van der Waals surface area contributed by atoms with Crippen molar-refractivity contribution in [3.63, 3.8) is 0 Å². The van der Waals surface area contributed by atoms with Gasteiger partial charge in [0.1, 0.15) is 16.6 Å². The third kappa shape index (κ3) is 3.57. The third-order valence-corrected chi connectivity index (χ3v) is 6.14. The molecule has 3 aromatic rings. The molecule has 0 amide bonds. The van der Waals surface area contributed by atoms with E-state index in [9.17, 15) is 13.7 Å². The van der Waals surface area contributed by atoms with Crippen LogP contribution in [0, 0.1) is 25.2 Å². The molecular weight excluding hydrogens is 394 g/mol. The van der Waals surface area contributed by atoms with Gasteiger partial charge in [0.15, 0.2) is 0 Å². The van der Waals surface area contributed by atoms with E-state index >= 15 is 0 Å². The zero-order valence-electron chi connectivity index (χ0n) is 15.6. The van der Waals surface area contributed by atoms with Crippen molar-refractivity contribution in [1.82, 2.24) is 9.55 Å². The summed E-state index contributed by atoms with van der Waals surface area (Å²) in [6.45, 7) is 5.60. The molecule has 0 aliphatic rings. The van der Waals surface area contributed by atoms with Gasteiger partial charge in [0.2, 0.25) is 10.0 Å². The van der Waals surface area contributed by atoms with Crippen LogP contribution in [0.4, 0.5) is 0 Å². The number of allylic oxidation sites excluding steroid dienone is 2. The molecule has 4 N–H and O–H groups in total. The SMILES string of the molecule is C/C(N)=C(\C#N)c1nc(-c2cc(C)n(-c3ccc(S(N)(=O)=O)cc3)c2C)cs1. The van der Waals surface area contributed by atoms with Gasteiger partial charge in [0.25, 0.3) is 0 Å². The van der Waals surface area contributed by atoms with Crippen LogP contribution >= 0.6 is 11.3 Å². The van der Waals surface area contributed by atoms with Gasteiger partial charge in [0, 0.05) is 33.7 Å². The Kier molecular flexibility index (Phi) is 5.12. The molecule has 1 aromatic carbocycles. The van der Waals surface area contributed by atoms with Gasteiger partial charge >= 0.3 is 0 Å². The fourth-order valence-corrected chi connectivity index (χ4v) is 4.42. The van der Waals surface area contributed by atoms with Crippen LogP contribution < -0.4 is 10.9 Å². The maximum atomic E-state index is 11.5. The van der Waals surface area contributed by atoms with Gasteiger partial charge in [0.05, 0.1) is 10.6 Å². The average molecular weight is 414 g/mol. The molecule has 7 nitrogen and oxygen atoms in total. The molecule has 0 radical (unpaired) electrons. The Labute approximate surface area is 167 Å². The molecule has 0 unspecified atom stereocenters. The molecule has 0 saturated carbocycles. The molecule has 144 valence electrons. The zero-order chi connectivity index (χ0) is 20.6. The molecule has 0 fully saturated rings. The molecule has 9 heteroatoms. The van der Waals surface area contributed by atoms with Gasteiger partial charge < -0.3 is 10.3 Å². The van der Waals surface area contributed by atoms with Crippen molar-refractivity contribution in [3.05, 3.63) is 57.8 Å². The highest BCUT2D eigenvalue weighted by molar-refractivity contribution is 7.89. The fourth-order valence-electron chi connectivity index (χ4n) is 3.02. The number of primary sulfonamides is 1. The molecule has 0 aliphatic heterocycles. The summed E-state index contributed by atoms with van der Waals surface area (Å²) in [6.07, 6.45) is 0. The maximum Gasteiger partial charge on any atom is 0.238 e. The smallest absolute Gasteiger partial charge is 0.238 e. The lowest BCUT2D eigenvalue weighted by Crippen LogP contribution is -2.12. The first-order valence-corrected chi connectivity index (χ1v) is 10.7. The van der Waals surface area contributed by atoms with E-state index in [-0.39, 0.29) is 4.90 Å². The van der Waals surface area contributed by atoms with Crippen molar-refractivity contribution in [3.8, 4) is 23.0 Å². The van der Waals surface area contributed by atoms with Gasteiger partial charge in [-0.1, -0.05) is 0 Å². The summed E-state index contributed by atoms with van der Waals surface area (Å²) in [6, 6.07) is 10.5. The molecule has 3 rings (SSSR count). The van der Waals surface area contributed by atoms with E-state index in [1.165, 1.54) is 23.5 Å². The summed E-state index contributed by atoms with van der Waals surface area (Å²) in [7, 11) is -3.73. The predicted molar refractivity (Wildman–Crippen MR) is 110 cm³/mol. The van der Waals surface area contributed by atoms with E-state index in [0.29, 0.717) is 16.3 Å². The number of nitriles is 1. The van der Waals surface area contributed by atoms with Crippen LogP contribution in [0.5, 0.6) is 0 Å². The first-order valence-electron chi connectivity index (χ1n) is 8.28. The predicted octanol–water partition coefficient (Wildman–Crippen LogP) is 3.08. The fraction of sp³-hybridized carbons (Fsp3) is 0.158. The van der Waals surface area contributed by atoms with Crippen LogP contribution in [-0.4, -0.2) is 18.0 Å². The highest BCUT2D eigenvalue weighted by Crippen LogP contribution is 2.32. The number of aromatic nitrogens is 2. The molecule has 0 spiro atoms. The van der Waals surface area contributed by atoms with Gasteiger partial charge in [-0.2, -0.15) is 5.26 Å². The molecule has 0 bridgehead atoms. The van der Waals surface area contributed by atoms with Crippen molar-refractivity contribution < 1.29 is 8.42 Å². The second-order valence-electron chi connectivity index (χ2n) is 6.37. The Bertz CT molecular complexity index is 1220. The number of aryl methyl sites for hydroxylation is 1. The number of nitrogens with zero attached hydrogens (tertiary/aromatic N) is 3. The minimum absolute atomic E-state index is 0.0658. The summed E-state index contributed by atoms with van der Waals surface area (Å²) in [5, 5.41) is 16.9. The van der Waals surface area contributed by atoms with Crippen LogP contribution in [0.25, 0.3) is 22.5 Å². The molecule has 0 aliphatic carbocycles. The van der Waals surface area contributed by atoms with Gasteiger partial charge in [-0.25, -0.2) is 18.5 Å². The number of sulfonamides is 1. The highest BCUT2D eigenvalue weighted by Gasteiger charge is 2.17. The van der Waals surface area contributed by atoms with Crippen molar-refractivity contribution in [2.45, 2.75) is 25.7 Å². The van der Waals surface area contributed by atoms with Crippen LogP contribution in [-0.2, 0) is 10.0 Å². The van der Waals surface area contributed by atoms with E-state index in [1.54, 1.807) is 19.1 Å². The standard InChI is InChI=1S/C19H19N5O2S2/c1-11-8-16(18-10-27-19(23-18)17(9-20)12(2)21)13(3)24(11)14-4-6-15(7-5-14)28(22,25)26/h4-8,10H,21H2,1-3H3,(H2,22,25,26)/b17-12-. The van der Waals surface area contributed by atoms with E-state index in [1.807, 2.05) is 29.9 Å². The van der Waals surface area contributed by atoms with Crippen LogP contribution in [0.15, 0.2) is 46.3 Å². The van der Waals surface area contributed by atoms with E-state index in [2.05, 4.69) is 11.1 Å². The first kappa shape index (κ1) is 19.8. The van der Waals surface area contributed by atoms with Crippen LogP contribution in [0.2, 0.25) is 0 Å². The van der Waals surface area contributed by atoms with Crippen LogP contribution in [0.3, 0.4) is 0 Å². The molecular formula is C19H19N5O2S2. The van der Waals surface area contributed by atoms with Crippen molar-refractivity contribution in [2.24, 2.45) is 10.9 Å². The second-order valence-corrected chi connectivity index (χ2v) is 8.79. The first-order chi connectivity index (χ1) is 13.1. The molecule has 2 aromatic heterocycles. The number of benzene rings is 1. The number of rotatable bonds is 4. The second kappa shape index (κ2) is 7.24. The summed E-state index contributed by atoms with van der Waals surface area (Å²) in [5.74, 6) is 0. The van der Waals surface area contributed by atoms with E-state index < -0.39 is 10.0 Å². The van der Waals surface area contributed by atoms with Crippen LogP contribution in [0.1, 0.15) is 23.3 Å². The third-order valence-electron chi connectivity index (χ3n) is 4.35. The lowest BCUT2D eigenvalue weighted by atomic mass is 10.2. The molecule has 0 saturated heterocycles. The number of thiazole rings is 1. The Morgan fingerprint density at radius 1 is 1.25 bits per heavy atom. The Hall–Kier alpha value is -2.93. The quantitative estimate of drug-likeness (QED) is 0.635. The van der Waals surface area contributed by atoms with Gasteiger partial charge in [-0.3, -0.25) is 0 Å². The highest BCUT2D eigenvalue weighted by atomic mass is 32.2. The van der Waals surface area contributed by atoms with Gasteiger partial charge in [-0.05, 0) is 51.1 Å². The summed E-state index contributed by atoms with van der Waals surface area (Å²) >= 11 is 1.37. The monoisotopic (exact) mass is 413 g/mol. The van der Waals surface area contributed by atoms with E-state index in [0.717, 1.165) is 28.3 Å². The van der Waals surface area contributed by atoms with Crippen molar-refractivity contribution >= 4 is 26.9 Å². The molecule has 2 heterocycles. The normalized spacial score (nSPS) is 12.5. The topological polar surface area (TPSA) is 128 Å². The molecule has 0 atom stereocenters. The Morgan fingerprint density at radius 3 is 2.43 bits per heavy atom. The zero-order valence-corrected chi connectivity index (χ0v) is 17.2. The summed E-state index contributed by atoms with van der Waals surface area (Å²) in [5.41, 5.74) is 11.0. The lowest BCUT2D eigenvalue weighted by molar-refractivity contribution is 0.598.